The van der Waals surface area contributed by atoms with Gasteiger partial charge in [-0.15, -0.1) is 0 Å². The Balaban J connectivity index is 1.86. The van der Waals surface area contributed by atoms with Crippen molar-refractivity contribution in [2.24, 2.45) is 0 Å². The molecule has 188 valence electrons. The fraction of sp³-hybridized carbons (Fsp3) is 0.250. The van der Waals surface area contributed by atoms with Crippen LogP contribution >= 0.6 is 0 Å². The monoisotopic (exact) mass is 490 g/mol. The first-order valence-corrected chi connectivity index (χ1v) is 11.5. The highest BCUT2D eigenvalue weighted by Crippen LogP contribution is 2.25. The van der Waals surface area contributed by atoms with Crippen molar-refractivity contribution in [1.29, 1.82) is 0 Å². The zero-order valence-corrected chi connectivity index (χ0v) is 20.5. The smallest absolute Gasteiger partial charge is 0.412 e. The van der Waals surface area contributed by atoms with Gasteiger partial charge in [-0.05, 0) is 44.0 Å². The van der Waals surface area contributed by atoms with E-state index in [1.54, 1.807) is 57.2 Å². The second-order valence-corrected chi connectivity index (χ2v) is 9.18. The van der Waals surface area contributed by atoms with E-state index in [-0.39, 0.29) is 18.6 Å². The Kier molecular flexibility index (Phi) is 8.67. The number of amides is 2. The molecule has 3 aromatic carbocycles. The van der Waals surface area contributed by atoms with Gasteiger partial charge in [0.2, 0.25) is 0 Å². The van der Waals surface area contributed by atoms with Crippen LogP contribution in [0.4, 0.5) is 10.5 Å². The minimum absolute atomic E-state index is 0.193. The summed E-state index contributed by atoms with van der Waals surface area (Å²) in [6.07, 6.45) is -0.967. The van der Waals surface area contributed by atoms with Gasteiger partial charge in [-0.2, -0.15) is 0 Å². The van der Waals surface area contributed by atoms with Crippen molar-refractivity contribution in [3.05, 3.63) is 95.6 Å². The van der Waals surface area contributed by atoms with Gasteiger partial charge in [0.25, 0.3) is 5.91 Å². The molecule has 0 aliphatic heterocycles. The highest BCUT2D eigenvalue weighted by atomic mass is 16.6. The molecule has 3 aromatic rings. The summed E-state index contributed by atoms with van der Waals surface area (Å²) in [5, 5.41) is 14.8. The molecule has 0 aromatic heterocycles. The number of benzene rings is 3. The highest BCUT2D eigenvalue weighted by Gasteiger charge is 2.21. The van der Waals surface area contributed by atoms with E-state index in [9.17, 15) is 19.5 Å². The molecule has 0 radical (unpaired) electrons. The first-order chi connectivity index (χ1) is 17.1. The number of anilines is 1. The van der Waals surface area contributed by atoms with Crippen LogP contribution in [0.1, 0.15) is 54.7 Å². The normalized spacial score (nSPS) is 11.8. The number of hydrogen-bond acceptors (Lipinski definition) is 5. The lowest BCUT2D eigenvalue weighted by Gasteiger charge is -2.20. The molecule has 3 rings (SSSR count). The quantitative estimate of drug-likeness (QED) is 0.362. The van der Waals surface area contributed by atoms with Gasteiger partial charge >= 0.3 is 12.1 Å². The molecule has 1 atom stereocenters. The fourth-order valence-corrected chi connectivity index (χ4v) is 3.40. The van der Waals surface area contributed by atoms with E-state index in [0.29, 0.717) is 17.0 Å². The Hall–Kier alpha value is -4.33. The van der Waals surface area contributed by atoms with Crippen molar-refractivity contribution in [1.82, 2.24) is 5.32 Å². The van der Waals surface area contributed by atoms with E-state index in [2.05, 4.69) is 10.6 Å². The fourth-order valence-electron chi connectivity index (χ4n) is 3.40. The van der Waals surface area contributed by atoms with E-state index in [0.717, 1.165) is 5.56 Å². The molecule has 0 bridgehead atoms. The van der Waals surface area contributed by atoms with Crippen molar-refractivity contribution in [3.63, 3.8) is 0 Å². The van der Waals surface area contributed by atoms with E-state index >= 15 is 0 Å². The molecular formula is C28H30N2O6. The number of carbonyl (C=O) groups is 3. The van der Waals surface area contributed by atoms with Gasteiger partial charge in [0.1, 0.15) is 18.0 Å². The van der Waals surface area contributed by atoms with Crippen LogP contribution in [0.2, 0.25) is 0 Å². The number of aliphatic carboxylic acids is 1. The predicted molar refractivity (Wildman–Crippen MR) is 136 cm³/mol. The van der Waals surface area contributed by atoms with Gasteiger partial charge < -0.3 is 19.9 Å². The third-order valence-electron chi connectivity index (χ3n) is 4.95. The standard InChI is InChI=1S/C28H30N2O6/c1-28(2,3)36-27(34)29-22-14-21(15-23(16-22)35-18-19-10-6-4-7-11-19)26(33)30-24(17-25(31)32)20-12-8-5-9-13-20/h4-16,24H,17-18H2,1-3H3,(H,29,34)(H,30,33)(H,31,32)/t24-/m0/s1. The van der Waals surface area contributed by atoms with Crippen LogP contribution in [0.3, 0.4) is 0 Å². The molecule has 0 fully saturated rings. The van der Waals surface area contributed by atoms with Crippen molar-refractivity contribution >= 4 is 23.7 Å². The van der Waals surface area contributed by atoms with Crippen molar-refractivity contribution in [3.8, 4) is 5.75 Å². The van der Waals surface area contributed by atoms with Crippen molar-refractivity contribution in [2.75, 3.05) is 5.32 Å². The van der Waals surface area contributed by atoms with Crippen LogP contribution in [0.15, 0.2) is 78.9 Å². The second kappa shape index (κ2) is 11.9. The van der Waals surface area contributed by atoms with Gasteiger partial charge in [0.05, 0.1) is 12.5 Å². The maximum absolute atomic E-state index is 13.2. The third-order valence-corrected chi connectivity index (χ3v) is 4.95. The largest absolute Gasteiger partial charge is 0.489 e. The van der Waals surface area contributed by atoms with Gasteiger partial charge in [-0.3, -0.25) is 14.9 Å². The molecule has 0 aliphatic rings. The molecule has 8 nitrogen and oxygen atoms in total. The first kappa shape index (κ1) is 26.3. The van der Waals surface area contributed by atoms with Crippen molar-refractivity contribution < 1.29 is 29.0 Å². The van der Waals surface area contributed by atoms with Gasteiger partial charge in [0, 0.05) is 17.3 Å². The Labute approximate surface area is 210 Å². The van der Waals surface area contributed by atoms with Crippen LogP contribution < -0.4 is 15.4 Å². The summed E-state index contributed by atoms with van der Waals surface area (Å²) in [6, 6.07) is 22.2. The molecule has 0 saturated heterocycles. The number of carboxylic acid groups (broad SMARTS) is 1. The summed E-state index contributed by atoms with van der Waals surface area (Å²) in [5.74, 6) is -1.20. The summed E-state index contributed by atoms with van der Waals surface area (Å²) in [4.78, 5) is 37.0. The number of nitrogens with one attached hydrogen (secondary N) is 2. The zero-order chi connectivity index (χ0) is 26.1. The van der Waals surface area contributed by atoms with Gasteiger partial charge in [-0.1, -0.05) is 60.7 Å². The number of carboxylic acids is 1. The highest BCUT2D eigenvalue weighted by molar-refractivity contribution is 5.97. The van der Waals surface area contributed by atoms with E-state index in [1.807, 2.05) is 36.4 Å². The number of ether oxygens (including phenoxy) is 2. The van der Waals surface area contributed by atoms with Crippen LogP contribution in [0.5, 0.6) is 5.75 Å². The third kappa shape index (κ3) is 8.47. The molecule has 2 amide bonds. The van der Waals surface area contributed by atoms with Crippen LogP contribution in [0.25, 0.3) is 0 Å². The average Bonchev–Trinajstić information content (AvgIpc) is 2.82. The van der Waals surface area contributed by atoms with Crippen LogP contribution in [-0.4, -0.2) is 28.7 Å². The zero-order valence-electron chi connectivity index (χ0n) is 20.5. The average molecular weight is 491 g/mol. The molecular weight excluding hydrogens is 460 g/mol. The lowest BCUT2D eigenvalue weighted by atomic mass is 10.0. The molecule has 0 aliphatic carbocycles. The predicted octanol–water partition coefficient (Wildman–Crippen LogP) is 5.56. The molecule has 0 heterocycles. The maximum Gasteiger partial charge on any atom is 0.412 e. The van der Waals surface area contributed by atoms with E-state index in [1.165, 1.54) is 6.07 Å². The lowest BCUT2D eigenvalue weighted by Crippen LogP contribution is -2.30. The molecule has 0 unspecified atom stereocenters. The second-order valence-electron chi connectivity index (χ2n) is 9.18. The maximum atomic E-state index is 13.2. The molecule has 36 heavy (non-hydrogen) atoms. The Bertz CT molecular complexity index is 1190. The summed E-state index contributed by atoms with van der Waals surface area (Å²) < 4.78 is 11.2. The van der Waals surface area contributed by atoms with Crippen molar-refractivity contribution in [2.45, 2.75) is 45.4 Å². The minimum atomic E-state index is -1.05. The summed E-state index contributed by atoms with van der Waals surface area (Å²) in [6.45, 7) is 5.49. The topological polar surface area (TPSA) is 114 Å². The summed E-state index contributed by atoms with van der Waals surface area (Å²) in [7, 11) is 0. The molecule has 0 spiro atoms. The number of carbonyl (C=O) groups excluding carboxylic acids is 2. The molecule has 0 saturated carbocycles. The Morgan fingerprint density at radius 1 is 0.917 bits per heavy atom. The summed E-state index contributed by atoms with van der Waals surface area (Å²) in [5.41, 5.74) is 1.38. The number of rotatable bonds is 9. The minimum Gasteiger partial charge on any atom is -0.489 e. The first-order valence-electron chi connectivity index (χ1n) is 11.5. The number of hydrogen-bond donors (Lipinski definition) is 3. The van der Waals surface area contributed by atoms with Gasteiger partial charge in [0.15, 0.2) is 0 Å². The van der Waals surface area contributed by atoms with Gasteiger partial charge in [-0.25, -0.2) is 4.79 Å². The lowest BCUT2D eigenvalue weighted by molar-refractivity contribution is -0.137. The Morgan fingerprint density at radius 2 is 1.56 bits per heavy atom. The van der Waals surface area contributed by atoms with E-state index in [4.69, 9.17) is 9.47 Å². The summed E-state index contributed by atoms with van der Waals surface area (Å²) >= 11 is 0. The SMILES string of the molecule is CC(C)(C)OC(=O)Nc1cc(OCc2ccccc2)cc(C(=O)N[C@@H](CC(=O)O)c2ccccc2)c1. The molecule has 3 N–H and O–H groups in total. The van der Waals surface area contributed by atoms with Crippen LogP contribution in [0, 0.1) is 0 Å². The van der Waals surface area contributed by atoms with Crippen LogP contribution in [-0.2, 0) is 16.1 Å². The Morgan fingerprint density at radius 3 is 2.17 bits per heavy atom. The molecule has 8 heteroatoms. The van der Waals surface area contributed by atoms with E-state index < -0.39 is 29.6 Å².